The average Bonchev–Trinajstić information content (AvgIpc) is 3.21. The topological polar surface area (TPSA) is 84.7 Å². The number of hydrogen-bond donors (Lipinski definition) is 2. The second kappa shape index (κ2) is 8.62. The Hall–Kier alpha value is -4.27. The zero-order chi connectivity index (χ0) is 21.8. The zero-order valence-electron chi connectivity index (χ0n) is 16.0. The summed E-state index contributed by atoms with van der Waals surface area (Å²) >= 11 is 0. The minimum absolute atomic E-state index is 0.0265. The van der Waals surface area contributed by atoms with Crippen molar-refractivity contribution in [3.05, 3.63) is 84.7 Å². The molecule has 31 heavy (non-hydrogen) atoms. The van der Waals surface area contributed by atoms with Gasteiger partial charge in [-0.1, -0.05) is 0 Å². The largest absolute Gasteiger partial charge is 0.452 e. The number of carbonyl (C=O) groups excluding carboxylic acids is 2. The van der Waals surface area contributed by atoms with Gasteiger partial charge in [0.2, 0.25) is 11.8 Å². The van der Waals surface area contributed by atoms with Crippen LogP contribution in [0.4, 0.5) is 20.2 Å². The number of halogens is 2. The third-order valence-electron chi connectivity index (χ3n) is 4.28. The Morgan fingerprint density at radius 3 is 2.35 bits per heavy atom. The Labute approximate surface area is 175 Å². The van der Waals surface area contributed by atoms with E-state index in [0.717, 1.165) is 6.07 Å². The highest BCUT2D eigenvalue weighted by molar-refractivity contribution is 6.08. The van der Waals surface area contributed by atoms with Crippen LogP contribution in [0.5, 0.6) is 11.5 Å². The highest BCUT2D eigenvalue weighted by atomic mass is 19.1. The van der Waals surface area contributed by atoms with Gasteiger partial charge in [0.15, 0.2) is 17.3 Å². The predicted molar refractivity (Wildman–Crippen MR) is 110 cm³/mol. The lowest BCUT2D eigenvalue weighted by atomic mass is 10.2. The molecule has 7 nitrogen and oxygen atoms in total. The minimum atomic E-state index is -0.685. The van der Waals surface area contributed by atoms with E-state index in [4.69, 9.17) is 4.74 Å². The van der Waals surface area contributed by atoms with Crippen LogP contribution in [0, 0.1) is 11.6 Å². The average molecular weight is 422 g/mol. The molecule has 9 heteroatoms. The molecule has 0 saturated heterocycles. The second-order valence-corrected chi connectivity index (χ2v) is 6.56. The summed E-state index contributed by atoms with van der Waals surface area (Å²) in [6, 6.07) is 14.3. The maximum Gasteiger partial charge on any atom is 0.233 e. The van der Waals surface area contributed by atoms with E-state index in [1.54, 1.807) is 28.9 Å². The molecule has 0 atom stereocenters. The Morgan fingerprint density at radius 1 is 0.903 bits per heavy atom. The third kappa shape index (κ3) is 4.84. The summed E-state index contributed by atoms with van der Waals surface area (Å²) in [5.74, 6) is -1.94. The lowest BCUT2D eigenvalue weighted by Crippen LogP contribution is -2.21. The van der Waals surface area contributed by atoms with Crippen molar-refractivity contribution in [1.29, 1.82) is 0 Å². The number of ether oxygens (including phenoxy) is 1. The quantitative estimate of drug-likeness (QED) is 0.452. The zero-order valence-corrected chi connectivity index (χ0v) is 16.0. The van der Waals surface area contributed by atoms with E-state index in [0.29, 0.717) is 17.0 Å². The maximum atomic E-state index is 14.5. The first-order chi connectivity index (χ1) is 15.0. The Balaban J connectivity index is 1.37. The van der Waals surface area contributed by atoms with Gasteiger partial charge in [-0.05, 0) is 48.5 Å². The lowest BCUT2D eigenvalue weighted by molar-refractivity contribution is -0.123. The summed E-state index contributed by atoms with van der Waals surface area (Å²) in [5.41, 5.74) is 1.21. The van der Waals surface area contributed by atoms with Gasteiger partial charge in [0.1, 0.15) is 17.8 Å². The van der Waals surface area contributed by atoms with E-state index in [9.17, 15) is 18.4 Å². The molecule has 0 aliphatic heterocycles. The number of fused-ring (bicyclic) bond motifs is 1. The van der Waals surface area contributed by atoms with E-state index < -0.39 is 29.9 Å². The highest BCUT2D eigenvalue weighted by Crippen LogP contribution is 2.29. The monoisotopic (exact) mass is 422 g/mol. The maximum absolute atomic E-state index is 14.5. The van der Waals surface area contributed by atoms with Crippen molar-refractivity contribution >= 4 is 28.7 Å². The predicted octanol–water partition coefficient (Wildman–Crippen LogP) is 4.37. The molecular formula is C22H16F2N4O3. The van der Waals surface area contributed by atoms with Crippen LogP contribution in [0.15, 0.2) is 73.1 Å². The molecular weight excluding hydrogens is 406 g/mol. The number of nitrogens with one attached hydrogen (secondary N) is 2. The molecule has 0 aliphatic carbocycles. The van der Waals surface area contributed by atoms with Crippen LogP contribution in [-0.4, -0.2) is 21.4 Å². The molecule has 156 valence electrons. The van der Waals surface area contributed by atoms with Crippen molar-refractivity contribution in [1.82, 2.24) is 9.61 Å². The van der Waals surface area contributed by atoms with Crippen LogP contribution >= 0.6 is 0 Å². The third-order valence-corrected chi connectivity index (χ3v) is 4.28. The molecule has 2 amide bonds. The van der Waals surface area contributed by atoms with Gasteiger partial charge in [0.25, 0.3) is 0 Å². The van der Waals surface area contributed by atoms with E-state index in [1.807, 2.05) is 0 Å². The summed E-state index contributed by atoms with van der Waals surface area (Å²) in [5, 5.41) is 9.05. The number of anilines is 2. The van der Waals surface area contributed by atoms with Crippen LogP contribution in [0.3, 0.4) is 0 Å². The van der Waals surface area contributed by atoms with Gasteiger partial charge >= 0.3 is 0 Å². The molecule has 0 saturated carbocycles. The lowest BCUT2D eigenvalue weighted by Gasteiger charge is -2.10. The highest BCUT2D eigenvalue weighted by Gasteiger charge is 2.13. The molecule has 0 fully saturated rings. The number of nitrogens with zero attached hydrogens (tertiary/aromatic N) is 2. The van der Waals surface area contributed by atoms with Crippen LogP contribution in [0.1, 0.15) is 6.42 Å². The smallest absolute Gasteiger partial charge is 0.233 e. The molecule has 4 aromatic rings. The summed E-state index contributed by atoms with van der Waals surface area (Å²) < 4.78 is 34.6. The standard InChI is InChI=1S/C22H16F2N4O3/c23-14-3-5-15(6-4-14)26-21(29)13-22(30)27-16-7-8-19(17(24)12-16)31-20-9-10-25-28-11-1-2-18(20)28/h1-12H,13H2,(H,26,29)(H,27,30). The van der Waals surface area contributed by atoms with Crippen molar-refractivity contribution in [2.45, 2.75) is 6.42 Å². The Morgan fingerprint density at radius 2 is 1.61 bits per heavy atom. The molecule has 4 rings (SSSR count). The van der Waals surface area contributed by atoms with Gasteiger partial charge < -0.3 is 15.4 Å². The molecule has 0 spiro atoms. The van der Waals surface area contributed by atoms with Crippen LogP contribution in [0.25, 0.3) is 5.52 Å². The number of carbonyl (C=O) groups is 2. The molecule has 2 aromatic heterocycles. The van der Waals surface area contributed by atoms with E-state index in [-0.39, 0.29) is 11.4 Å². The second-order valence-electron chi connectivity index (χ2n) is 6.56. The fraction of sp³-hybridized carbons (Fsp3) is 0.0455. The number of rotatable bonds is 6. The summed E-state index contributed by atoms with van der Waals surface area (Å²) in [6.07, 6.45) is 2.79. The fourth-order valence-corrected chi connectivity index (χ4v) is 2.88. The molecule has 2 heterocycles. The fourth-order valence-electron chi connectivity index (χ4n) is 2.88. The summed E-state index contributed by atoms with van der Waals surface area (Å²) in [6.45, 7) is 0. The van der Waals surface area contributed by atoms with Crippen LogP contribution < -0.4 is 15.4 Å². The summed E-state index contributed by atoms with van der Waals surface area (Å²) in [4.78, 5) is 24.0. The van der Waals surface area contributed by atoms with E-state index in [2.05, 4.69) is 15.7 Å². The molecule has 0 radical (unpaired) electrons. The van der Waals surface area contributed by atoms with Gasteiger partial charge in [-0.25, -0.2) is 13.3 Å². The van der Waals surface area contributed by atoms with Crippen molar-refractivity contribution in [3.8, 4) is 11.5 Å². The number of aromatic nitrogens is 2. The molecule has 0 aliphatic rings. The van der Waals surface area contributed by atoms with Gasteiger partial charge in [-0.15, -0.1) is 0 Å². The van der Waals surface area contributed by atoms with Crippen LogP contribution in [-0.2, 0) is 9.59 Å². The number of benzene rings is 2. The van der Waals surface area contributed by atoms with Crippen molar-refractivity contribution in [2.75, 3.05) is 10.6 Å². The Bertz CT molecular complexity index is 1260. The van der Waals surface area contributed by atoms with Gasteiger partial charge in [-0.2, -0.15) is 5.10 Å². The van der Waals surface area contributed by atoms with E-state index >= 15 is 0 Å². The number of amides is 2. The first kappa shape index (κ1) is 20.0. The molecule has 0 unspecified atom stereocenters. The normalized spacial score (nSPS) is 10.6. The van der Waals surface area contributed by atoms with Crippen LogP contribution in [0.2, 0.25) is 0 Å². The van der Waals surface area contributed by atoms with Gasteiger partial charge in [0.05, 0.1) is 6.20 Å². The summed E-state index contributed by atoms with van der Waals surface area (Å²) in [7, 11) is 0. The Kier molecular flexibility index (Phi) is 5.57. The first-order valence-corrected chi connectivity index (χ1v) is 9.23. The van der Waals surface area contributed by atoms with Gasteiger partial charge in [0, 0.05) is 29.7 Å². The van der Waals surface area contributed by atoms with Crippen molar-refractivity contribution in [2.24, 2.45) is 0 Å². The van der Waals surface area contributed by atoms with Crippen molar-refractivity contribution < 1.29 is 23.1 Å². The SMILES string of the molecule is O=C(CC(=O)Nc1ccc(Oc2ccnn3cccc23)c(F)c1)Nc1ccc(F)cc1. The van der Waals surface area contributed by atoms with E-state index in [1.165, 1.54) is 42.6 Å². The first-order valence-electron chi connectivity index (χ1n) is 9.23. The molecule has 2 N–H and O–H groups in total. The molecule has 2 aromatic carbocycles. The number of hydrogen-bond acceptors (Lipinski definition) is 4. The van der Waals surface area contributed by atoms with Crippen molar-refractivity contribution in [3.63, 3.8) is 0 Å². The molecule has 0 bridgehead atoms. The van der Waals surface area contributed by atoms with Gasteiger partial charge in [-0.3, -0.25) is 9.59 Å². The minimum Gasteiger partial charge on any atom is -0.452 e.